The van der Waals surface area contributed by atoms with Crippen LogP contribution in [-0.2, 0) is 4.74 Å². The van der Waals surface area contributed by atoms with Gasteiger partial charge in [-0.05, 0) is 25.0 Å². The monoisotopic (exact) mass is 238 g/mol. The molecule has 0 N–H and O–H groups in total. The fourth-order valence-corrected chi connectivity index (χ4v) is 2.45. The Hall–Kier alpha value is -1.92. The van der Waals surface area contributed by atoms with Gasteiger partial charge in [0.25, 0.3) is 0 Å². The molecule has 1 aliphatic rings. The highest BCUT2D eigenvalue weighted by Gasteiger charge is 2.28. The molecule has 18 heavy (non-hydrogen) atoms. The van der Waals surface area contributed by atoms with Crippen molar-refractivity contribution in [3.05, 3.63) is 42.1 Å². The smallest absolute Gasteiger partial charge is 0.115 e. The van der Waals surface area contributed by atoms with E-state index < -0.39 is 0 Å². The average Bonchev–Trinajstić information content (AvgIpc) is 2.46. The van der Waals surface area contributed by atoms with Gasteiger partial charge < -0.3 is 4.74 Å². The number of benzene rings is 1. The number of ether oxygens (including phenoxy) is 1. The summed E-state index contributed by atoms with van der Waals surface area (Å²) in [5.41, 5.74) is 1.83. The summed E-state index contributed by atoms with van der Waals surface area (Å²) in [6.07, 6.45) is 1.69. The minimum atomic E-state index is -0.173. The number of nitrogens with zero attached hydrogens (tertiary/aromatic N) is 2. The van der Waals surface area contributed by atoms with E-state index in [1.54, 1.807) is 0 Å². The Morgan fingerprint density at radius 1 is 1.22 bits per heavy atom. The van der Waals surface area contributed by atoms with Crippen LogP contribution in [0.15, 0.2) is 36.4 Å². The van der Waals surface area contributed by atoms with Crippen molar-refractivity contribution in [2.24, 2.45) is 5.92 Å². The fourth-order valence-electron chi connectivity index (χ4n) is 2.45. The maximum atomic E-state index is 9.18. The van der Waals surface area contributed by atoms with Crippen LogP contribution in [0.5, 0.6) is 0 Å². The fraction of sp³-hybridized carbons (Fsp3) is 0.333. The molecule has 0 aliphatic carbocycles. The minimum absolute atomic E-state index is 0.0765. The number of hydrogen-bond acceptors (Lipinski definition) is 3. The molecule has 0 spiro atoms. The van der Waals surface area contributed by atoms with Crippen LogP contribution < -0.4 is 0 Å². The van der Waals surface area contributed by atoms with Crippen LogP contribution in [0.2, 0.25) is 0 Å². The third-order valence-corrected chi connectivity index (χ3v) is 3.40. The zero-order valence-corrected chi connectivity index (χ0v) is 10.0. The van der Waals surface area contributed by atoms with Crippen LogP contribution in [0.1, 0.15) is 24.6 Å². The zero-order valence-electron chi connectivity index (χ0n) is 10.0. The number of hydrogen-bond donors (Lipinski definition) is 0. The third-order valence-electron chi connectivity index (χ3n) is 3.40. The number of pyridine rings is 1. The highest BCUT2D eigenvalue weighted by Crippen LogP contribution is 2.32. The molecule has 0 amide bonds. The van der Waals surface area contributed by atoms with E-state index in [1.165, 1.54) is 0 Å². The summed E-state index contributed by atoms with van der Waals surface area (Å²) in [6.45, 7) is 0.720. The van der Waals surface area contributed by atoms with Gasteiger partial charge in [-0.1, -0.05) is 24.3 Å². The van der Waals surface area contributed by atoms with Gasteiger partial charge in [-0.2, -0.15) is 5.26 Å². The van der Waals surface area contributed by atoms with Crippen molar-refractivity contribution in [3.8, 4) is 6.07 Å². The summed E-state index contributed by atoms with van der Waals surface area (Å²) in [5.74, 6) is -0.0765. The molecule has 2 heterocycles. The Labute approximate surface area is 106 Å². The van der Waals surface area contributed by atoms with Crippen LogP contribution in [-0.4, -0.2) is 11.6 Å². The van der Waals surface area contributed by atoms with Crippen LogP contribution >= 0.6 is 0 Å². The second kappa shape index (κ2) is 4.75. The summed E-state index contributed by atoms with van der Waals surface area (Å²) < 4.78 is 5.73. The molecule has 1 aliphatic heterocycles. The minimum Gasteiger partial charge on any atom is -0.371 e. The van der Waals surface area contributed by atoms with Gasteiger partial charge in [0.15, 0.2) is 0 Å². The molecule has 1 fully saturated rings. The standard InChI is InChI=1S/C15H14N2O/c16-10-12-5-3-9-18-15(12)14-8-7-11-4-1-2-6-13(11)17-14/h1-2,4,6-8,12,15H,3,5,9H2. The van der Waals surface area contributed by atoms with Crippen molar-refractivity contribution in [2.75, 3.05) is 6.61 Å². The second-order valence-corrected chi connectivity index (χ2v) is 4.60. The predicted octanol–water partition coefficient (Wildman–Crippen LogP) is 3.23. The zero-order chi connectivity index (χ0) is 12.4. The van der Waals surface area contributed by atoms with Crippen molar-refractivity contribution in [3.63, 3.8) is 0 Å². The molecule has 2 aromatic rings. The lowest BCUT2D eigenvalue weighted by Gasteiger charge is -2.26. The Balaban J connectivity index is 2.00. The molecule has 3 heteroatoms. The van der Waals surface area contributed by atoms with Crippen LogP contribution in [0.4, 0.5) is 0 Å². The Bertz CT molecular complexity index is 603. The predicted molar refractivity (Wildman–Crippen MR) is 68.8 cm³/mol. The lowest BCUT2D eigenvalue weighted by atomic mass is 9.93. The van der Waals surface area contributed by atoms with E-state index in [1.807, 2.05) is 36.4 Å². The Morgan fingerprint density at radius 3 is 3.00 bits per heavy atom. The van der Waals surface area contributed by atoms with Gasteiger partial charge in [0.05, 0.1) is 23.2 Å². The third kappa shape index (κ3) is 1.96. The van der Waals surface area contributed by atoms with Gasteiger partial charge in [-0.25, -0.2) is 0 Å². The number of para-hydroxylation sites is 1. The molecule has 0 bridgehead atoms. The van der Waals surface area contributed by atoms with E-state index >= 15 is 0 Å². The van der Waals surface area contributed by atoms with Gasteiger partial charge in [-0.15, -0.1) is 0 Å². The lowest BCUT2D eigenvalue weighted by Crippen LogP contribution is -2.22. The van der Waals surface area contributed by atoms with Gasteiger partial charge in [0, 0.05) is 12.0 Å². The first kappa shape index (κ1) is 11.2. The van der Waals surface area contributed by atoms with Crippen molar-refractivity contribution in [1.29, 1.82) is 5.26 Å². The summed E-state index contributed by atoms with van der Waals surface area (Å²) >= 11 is 0. The molecule has 2 atom stereocenters. The van der Waals surface area contributed by atoms with Gasteiger partial charge >= 0.3 is 0 Å². The molecular weight excluding hydrogens is 224 g/mol. The molecule has 1 saturated heterocycles. The van der Waals surface area contributed by atoms with E-state index in [4.69, 9.17) is 4.74 Å². The molecule has 3 nitrogen and oxygen atoms in total. The molecule has 1 aromatic heterocycles. The van der Waals surface area contributed by atoms with Crippen LogP contribution in [0.25, 0.3) is 10.9 Å². The molecule has 0 saturated carbocycles. The molecular formula is C15H14N2O. The van der Waals surface area contributed by atoms with Crippen LogP contribution in [0, 0.1) is 17.2 Å². The van der Waals surface area contributed by atoms with Gasteiger partial charge in [0.2, 0.25) is 0 Å². The topological polar surface area (TPSA) is 45.9 Å². The van der Waals surface area contributed by atoms with Gasteiger partial charge in [-0.3, -0.25) is 4.98 Å². The maximum absolute atomic E-state index is 9.18. The second-order valence-electron chi connectivity index (χ2n) is 4.60. The van der Waals surface area contributed by atoms with Crippen molar-refractivity contribution >= 4 is 10.9 Å². The van der Waals surface area contributed by atoms with Crippen LogP contribution in [0.3, 0.4) is 0 Å². The van der Waals surface area contributed by atoms with Crippen molar-refractivity contribution in [1.82, 2.24) is 4.98 Å². The number of nitriles is 1. The first-order valence-electron chi connectivity index (χ1n) is 6.25. The first-order chi connectivity index (χ1) is 8.88. The highest BCUT2D eigenvalue weighted by molar-refractivity contribution is 5.78. The van der Waals surface area contributed by atoms with Crippen molar-refractivity contribution < 1.29 is 4.74 Å². The number of fused-ring (bicyclic) bond motifs is 1. The maximum Gasteiger partial charge on any atom is 0.115 e. The highest BCUT2D eigenvalue weighted by atomic mass is 16.5. The molecule has 1 aromatic carbocycles. The quantitative estimate of drug-likeness (QED) is 0.766. The SMILES string of the molecule is N#CC1CCCOC1c1ccc2ccccc2n1. The molecule has 2 unspecified atom stereocenters. The number of rotatable bonds is 1. The summed E-state index contributed by atoms with van der Waals surface area (Å²) in [6, 6.07) is 14.4. The normalized spacial score (nSPS) is 23.7. The summed E-state index contributed by atoms with van der Waals surface area (Å²) in [4.78, 5) is 4.62. The summed E-state index contributed by atoms with van der Waals surface area (Å²) in [7, 11) is 0. The van der Waals surface area contributed by atoms with E-state index in [2.05, 4.69) is 11.1 Å². The van der Waals surface area contributed by atoms with E-state index in [0.717, 1.165) is 36.0 Å². The Morgan fingerprint density at radius 2 is 2.11 bits per heavy atom. The molecule has 0 radical (unpaired) electrons. The molecule has 90 valence electrons. The van der Waals surface area contributed by atoms with E-state index in [-0.39, 0.29) is 12.0 Å². The van der Waals surface area contributed by atoms with Crippen molar-refractivity contribution in [2.45, 2.75) is 18.9 Å². The lowest BCUT2D eigenvalue weighted by molar-refractivity contribution is -0.0125. The Kier molecular flexibility index (Phi) is 2.95. The molecule has 3 rings (SSSR count). The van der Waals surface area contributed by atoms with Gasteiger partial charge in [0.1, 0.15) is 6.10 Å². The van der Waals surface area contributed by atoms with E-state index in [0.29, 0.717) is 0 Å². The first-order valence-corrected chi connectivity index (χ1v) is 6.25. The van der Waals surface area contributed by atoms with E-state index in [9.17, 15) is 5.26 Å². The largest absolute Gasteiger partial charge is 0.371 e. The number of aromatic nitrogens is 1. The summed E-state index contributed by atoms with van der Waals surface area (Å²) in [5, 5.41) is 10.3. The average molecular weight is 238 g/mol.